The van der Waals surface area contributed by atoms with Gasteiger partial charge in [-0.3, -0.25) is 4.79 Å². The zero-order chi connectivity index (χ0) is 9.14. The molecule has 1 rings (SSSR count). The fraction of sp³-hybridized carbons (Fsp3) is 0.125. The lowest BCUT2D eigenvalue weighted by Crippen LogP contribution is -1.96. The van der Waals surface area contributed by atoms with Crippen molar-refractivity contribution in [2.75, 3.05) is 5.73 Å². The van der Waals surface area contributed by atoms with Crippen molar-refractivity contribution < 1.29 is 13.9 Å². The van der Waals surface area contributed by atoms with Gasteiger partial charge in [-0.25, -0.2) is 4.39 Å². The molecule has 0 spiro atoms. The predicted octanol–water partition coefficient (Wildman–Crippen LogP) is 1.25. The first-order chi connectivity index (χ1) is 5.65. The van der Waals surface area contributed by atoms with Gasteiger partial charge < -0.3 is 10.5 Å². The molecule has 0 aliphatic carbocycles. The van der Waals surface area contributed by atoms with E-state index in [1.807, 2.05) is 0 Å². The molecule has 0 atom stereocenters. The molecule has 0 saturated heterocycles. The molecule has 2 N–H and O–H groups in total. The van der Waals surface area contributed by atoms with Crippen molar-refractivity contribution >= 4 is 12.2 Å². The van der Waals surface area contributed by atoms with Crippen LogP contribution >= 0.6 is 0 Å². The van der Waals surface area contributed by atoms with Crippen LogP contribution in [0.5, 0.6) is 5.75 Å². The van der Waals surface area contributed by atoms with Gasteiger partial charge in [0.15, 0.2) is 0 Å². The van der Waals surface area contributed by atoms with Crippen molar-refractivity contribution in [3.05, 3.63) is 23.5 Å². The second kappa shape index (κ2) is 3.21. The van der Waals surface area contributed by atoms with Crippen LogP contribution in [0.1, 0.15) is 5.56 Å². The predicted molar refractivity (Wildman–Crippen MR) is 42.2 cm³/mol. The molecule has 0 saturated carbocycles. The van der Waals surface area contributed by atoms with Gasteiger partial charge in [-0.15, -0.1) is 0 Å². The number of anilines is 1. The number of hydrogen-bond donors (Lipinski definition) is 1. The van der Waals surface area contributed by atoms with Gasteiger partial charge in [0.2, 0.25) is 0 Å². The summed E-state index contributed by atoms with van der Waals surface area (Å²) in [6.07, 6.45) is 0. The van der Waals surface area contributed by atoms with Crippen LogP contribution in [0.3, 0.4) is 0 Å². The lowest BCUT2D eigenvalue weighted by atomic mass is 10.2. The molecule has 0 heterocycles. The van der Waals surface area contributed by atoms with Gasteiger partial charge >= 0.3 is 0 Å². The quantitative estimate of drug-likeness (QED) is 0.535. The number of carbonyl (C=O) groups is 1. The maximum Gasteiger partial charge on any atom is 0.298 e. The van der Waals surface area contributed by atoms with Gasteiger partial charge in [0.25, 0.3) is 6.47 Å². The minimum atomic E-state index is -0.480. The molecule has 0 aliphatic rings. The molecule has 3 nitrogen and oxygen atoms in total. The Labute approximate surface area is 68.9 Å². The Bertz CT molecular complexity index is 312. The minimum Gasteiger partial charge on any atom is -0.428 e. The lowest BCUT2D eigenvalue weighted by molar-refractivity contribution is -0.120. The summed E-state index contributed by atoms with van der Waals surface area (Å²) in [7, 11) is 0. The normalized spacial score (nSPS) is 9.50. The van der Waals surface area contributed by atoms with Crippen LogP contribution in [0.15, 0.2) is 12.1 Å². The Morgan fingerprint density at radius 3 is 2.83 bits per heavy atom. The van der Waals surface area contributed by atoms with E-state index in [9.17, 15) is 9.18 Å². The van der Waals surface area contributed by atoms with Crippen molar-refractivity contribution in [1.29, 1.82) is 0 Å². The smallest absolute Gasteiger partial charge is 0.298 e. The largest absolute Gasteiger partial charge is 0.428 e. The van der Waals surface area contributed by atoms with E-state index in [0.29, 0.717) is 0 Å². The van der Waals surface area contributed by atoms with Crippen molar-refractivity contribution in [2.45, 2.75) is 6.92 Å². The van der Waals surface area contributed by atoms with Gasteiger partial charge in [0, 0.05) is 17.3 Å². The zero-order valence-electron chi connectivity index (χ0n) is 6.50. The van der Waals surface area contributed by atoms with Crippen LogP contribution in [0.25, 0.3) is 0 Å². The van der Waals surface area contributed by atoms with Crippen molar-refractivity contribution in [3.8, 4) is 5.75 Å². The number of rotatable bonds is 2. The molecule has 0 fully saturated rings. The van der Waals surface area contributed by atoms with E-state index in [2.05, 4.69) is 4.74 Å². The molecular weight excluding hydrogens is 161 g/mol. The molecule has 64 valence electrons. The van der Waals surface area contributed by atoms with Gasteiger partial charge in [-0.2, -0.15) is 0 Å². The Morgan fingerprint density at radius 2 is 2.25 bits per heavy atom. The average Bonchev–Trinajstić information content (AvgIpc) is 2.00. The molecule has 0 amide bonds. The summed E-state index contributed by atoms with van der Waals surface area (Å²) in [4.78, 5) is 9.96. The summed E-state index contributed by atoms with van der Waals surface area (Å²) in [5, 5.41) is 0. The first kappa shape index (κ1) is 8.52. The summed E-state index contributed by atoms with van der Waals surface area (Å²) >= 11 is 0. The highest BCUT2D eigenvalue weighted by atomic mass is 19.1. The molecule has 0 unspecified atom stereocenters. The first-order valence-corrected chi connectivity index (χ1v) is 3.31. The Hall–Kier alpha value is -1.58. The SMILES string of the molecule is Cc1c(F)cc(N)cc1OC=O. The average molecular weight is 169 g/mol. The Morgan fingerprint density at radius 1 is 1.58 bits per heavy atom. The van der Waals surface area contributed by atoms with Crippen molar-refractivity contribution in [3.63, 3.8) is 0 Å². The third-order valence-corrected chi connectivity index (χ3v) is 1.49. The summed E-state index contributed by atoms with van der Waals surface area (Å²) in [6.45, 7) is 1.74. The highest BCUT2D eigenvalue weighted by molar-refractivity contribution is 5.54. The van der Waals surface area contributed by atoms with E-state index in [4.69, 9.17) is 5.73 Å². The van der Waals surface area contributed by atoms with Crippen LogP contribution in [-0.4, -0.2) is 6.47 Å². The molecular formula is C8H8FNO2. The van der Waals surface area contributed by atoms with Gasteiger partial charge in [0.1, 0.15) is 11.6 Å². The molecule has 0 bridgehead atoms. The summed E-state index contributed by atoms with van der Waals surface area (Å²) < 4.78 is 17.4. The number of ether oxygens (including phenoxy) is 1. The first-order valence-electron chi connectivity index (χ1n) is 3.31. The molecule has 12 heavy (non-hydrogen) atoms. The third-order valence-electron chi connectivity index (χ3n) is 1.49. The zero-order valence-corrected chi connectivity index (χ0v) is 6.50. The minimum absolute atomic E-state index is 0.155. The number of carbonyl (C=O) groups excluding carboxylic acids is 1. The summed E-state index contributed by atoms with van der Waals surface area (Å²) in [5.41, 5.74) is 5.83. The standard InChI is InChI=1S/C8H8FNO2/c1-5-7(9)2-6(10)3-8(5)12-4-11/h2-4H,10H2,1H3. The van der Waals surface area contributed by atoms with Crippen molar-refractivity contribution in [1.82, 2.24) is 0 Å². The highest BCUT2D eigenvalue weighted by Crippen LogP contribution is 2.23. The highest BCUT2D eigenvalue weighted by Gasteiger charge is 2.05. The van der Waals surface area contributed by atoms with E-state index in [-0.39, 0.29) is 23.5 Å². The number of hydrogen-bond acceptors (Lipinski definition) is 3. The topological polar surface area (TPSA) is 52.3 Å². The Kier molecular flexibility index (Phi) is 2.28. The van der Waals surface area contributed by atoms with Crippen LogP contribution < -0.4 is 10.5 Å². The summed E-state index contributed by atoms with van der Waals surface area (Å²) in [5.74, 6) is -0.325. The van der Waals surface area contributed by atoms with E-state index in [1.165, 1.54) is 19.1 Å². The monoisotopic (exact) mass is 169 g/mol. The van der Waals surface area contributed by atoms with Crippen molar-refractivity contribution in [2.24, 2.45) is 0 Å². The Balaban J connectivity index is 3.17. The second-order valence-electron chi connectivity index (χ2n) is 2.34. The molecule has 0 aromatic heterocycles. The maximum absolute atomic E-state index is 12.9. The molecule has 0 aliphatic heterocycles. The molecule has 0 radical (unpaired) electrons. The summed E-state index contributed by atoms with van der Waals surface area (Å²) in [6, 6.07) is 2.57. The van der Waals surface area contributed by atoms with Gasteiger partial charge in [0.05, 0.1) is 0 Å². The van der Waals surface area contributed by atoms with Gasteiger partial charge in [-0.05, 0) is 13.0 Å². The van der Waals surface area contributed by atoms with E-state index in [0.717, 1.165) is 0 Å². The number of benzene rings is 1. The van der Waals surface area contributed by atoms with E-state index >= 15 is 0 Å². The fourth-order valence-electron chi connectivity index (χ4n) is 0.848. The van der Waals surface area contributed by atoms with E-state index < -0.39 is 5.82 Å². The fourth-order valence-corrected chi connectivity index (χ4v) is 0.848. The second-order valence-corrected chi connectivity index (χ2v) is 2.34. The van der Waals surface area contributed by atoms with E-state index in [1.54, 1.807) is 0 Å². The number of nitrogen functional groups attached to an aromatic ring is 1. The number of halogens is 1. The maximum atomic E-state index is 12.9. The molecule has 1 aromatic carbocycles. The van der Waals surface area contributed by atoms with Gasteiger partial charge in [-0.1, -0.05) is 0 Å². The molecule has 1 aromatic rings. The lowest BCUT2D eigenvalue weighted by Gasteiger charge is -2.04. The van der Waals surface area contributed by atoms with Crippen LogP contribution in [0.2, 0.25) is 0 Å². The number of nitrogens with two attached hydrogens (primary N) is 1. The van der Waals surface area contributed by atoms with Crippen LogP contribution in [0.4, 0.5) is 10.1 Å². The van der Waals surface area contributed by atoms with Crippen LogP contribution in [0, 0.1) is 12.7 Å². The molecule has 4 heteroatoms. The van der Waals surface area contributed by atoms with Crippen LogP contribution in [-0.2, 0) is 4.79 Å². The third kappa shape index (κ3) is 1.53.